The first-order valence-corrected chi connectivity index (χ1v) is 9.22. The molecule has 0 radical (unpaired) electrons. The van der Waals surface area contributed by atoms with Gasteiger partial charge in [-0.05, 0) is 36.5 Å². The van der Waals surface area contributed by atoms with Crippen LogP contribution in [-0.2, 0) is 17.8 Å². The van der Waals surface area contributed by atoms with E-state index in [4.69, 9.17) is 0 Å². The lowest BCUT2D eigenvalue weighted by molar-refractivity contribution is -0.115. The Kier molecular flexibility index (Phi) is 3.42. The molecule has 2 aromatic carbocycles. The van der Waals surface area contributed by atoms with E-state index in [1.54, 1.807) is 0 Å². The molecule has 1 heterocycles. The number of nitrogens with zero attached hydrogens (tertiary/aromatic N) is 1. The Balaban J connectivity index is 1.68. The standard InChI is InChI=1S/C23H19NO2/c25-19-12-6-10-17-20(19)23(26)21-16-9-4-5-11-18(16)24(22(17)21)14-13-15-7-2-1-3-8-15/h1-5,7-9,11H,6,10,12-14H2. The Morgan fingerprint density at radius 3 is 2.50 bits per heavy atom. The molecule has 3 aromatic rings. The molecule has 0 aliphatic heterocycles. The molecule has 0 spiro atoms. The number of benzene rings is 2. The molecule has 1 aromatic heterocycles. The highest BCUT2D eigenvalue weighted by atomic mass is 16.1. The highest BCUT2D eigenvalue weighted by Gasteiger charge is 2.39. The molecule has 3 nitrogen and oxygen atoms in total. The third-order valence-electron chi connectivity index (χ3n) is 5.59. The number of Topliss-reactive ketones (excluding diaryl/α,β-unsaturated/α-hetero) is 2. The SMILES string of the molecule is O=C1CCCC2=C1C(=O)c1c2n(CCc2ccccc2)c2ccccc12. The Bertz CT molecular complexity index is 1090. The van der Waals surface area contributed by atoms with E-state index in [2.05, 4.69) is 34.9 Å². The van der Waals surface area contributed by atoms with E-state index in [-0.39, 0.29) is 11.6 Å². The molecule has 2 aliphatic rings. The fraction of sp³-hybridized carbons (Fsp3) is 0.217. The first-order valence-electron chi connectivity index (χ1n) is 9.22. The average molecular weight is 341 g/mol. The summed E-state index contributed by atoms with van der Waals surface area (Å²) >= 11 is 0. The van der Waals surface area contributed by atoms with E-state index in [1.165, 1.54) is 5.56 Å². The summed E-state index contributed by atoms with van der Waals surface area (Å²) in [6.07, 6.45) is 3.06. The summed E-state index contributed by atoms with van der Waals surface area (Å²) in [6, 6.07) is 18.5. The van der Waals surface area contributed by atoms with E-state index in [9.17, 15) is 9.59 Å². The molecule has 0 atom stereocenters. The van der Waals surface area contributed by atoms with Crippen molar-refractivity contribution in [3.63, 3.8) is 0 Å². The minimum atomic E-state index is -0.0608. The van der Waals surface area contributed by atoms with Crippen molar-refractivity contribution in [2.45, 2.75) is 32.2 Å². The summed E-state index contributed by atoms with van der Waals surface area (Å²) in [5, 5.41) is 0.975. The molecule has 0 unspecified atom stereocenters. The zero-order chi connectivity index (χ0) is 17.7. The van der Waals surface area contributed by atoms with Gasteiger partial charge in [-0.1, -0.05) is 48.5 Å². The Labute approximate surface area is 151 Å². The van der Waals surface area contributed by atoms with Gasteiger partial charge in [0, 0.05) is 23.9 Å². The van der Waals surface area contributed by atoms with Crippen molar-refractivity contribution >= 4 is 28.0 Å². The van der Waals surface area contributed by atoms with E-state index in [0.29, 0.717) is 12.0 Å². The van der Waals surface area contributed by atoms with Crippen LogP contribution in [0.5, 0.6) is 0 Å². The second kappa shape index (κ2) is 5.80. The smallest absolute Gasteiger partial charge is 0.199 e. The molecule has 0 saturated heterocycles. The lowest BCUT2D eigenvalue weighted by Gasteiger charge is -2.16. The van der Waals surface area contributed by atoms with Gasteiger partial charge in [-0.3, -0.25) is 9.59 Å². The number of allylic oxidation sites excluding steroid dienone is 2. The largest absolute Gasteiger partial charge is 0.340 e. The molecule has 0 fully saturated rings. The van der Waals surface area contributed by atoms with Gasteiger partial charge in [0.1, 0.15) is 0 Å². The lowest BCUT2D eigenvalue weighted by atomic mass is 9.91. The maximum absolute atomic E-state index is 13.1. The predicted molar refractivity (Wildman–Crippen MR) is 102 cm³/mol. The highest BCUT2D eigenvalue weighted by Crippen LogP contribution is 2.44. The molecule has 0 bridgehead atoms. The lowest BCUT2D eigenvalue weighted by Crippen LogP contribution is -2.14. The number of carbonyl (C=O) groups is 2. The third-order valence-corrected chi connectivity index (χ3v) is 5.59. The predicted octanol–water partition coefficient (Wildman–Crippen LogP) is 4.59. The molecule has 5 rings (SSSR count). The van der Waals surface area contributed by atoms with Crippen LogP contribution in [-0.4, -0.2) is 16.1 Å². The van der Waals surface area contributed by atoms with Crippen LogP contribution in [0.25, 0.3) is 16.5 Å². The first-order chi connectivity index (χ1) is 12.8. The van der Waals surface area contributed by atoms with Crippen molar-refractivity contribution in [3.8, 4) is 0 Å². The zero-order valence-corrected chi connectivity index (χ0v) is 14.5. The fourth-order valence-electron chi connectivity index (χ4n) is 4.43. The van der Waals surface area contributed by atoms with Crippen molar-refractivity contribution in [2.75, 3.05) is 0 Å². The molecule has 128 valence electrons. The van der Waals surface area contributed by atoms with Gasteiger partial charge in [0.15, 0.2) is 11.6 Å². The molecular formula is C23H19NO2. The quantitative estimate of drug-likeness (QED) is 0.654. The number of carbonyl (C=O) groups excluding carboxylic acids is 2. The van der Waals surface area contributed by atoms with Gasteiger partial charge < -0.3 is 4.57 Å². The Morgan fingerprint density at radius 1 is 0.885 bits per heavy atom. The van der Waals surface area contributed by atoms with Crippen LogP contribution in [0.15, 0.2) is 60.2 Å². The van der Waals surface area contributed by atoms with Crippen molar-refractivity contribution in [3.05, 3.63) is 77.0 Å². The molecule has 0 N–H and O–H groups in total. The molecule has 0 saturated carbocycles. The van der Waals surface area contributed by atoms with Gasteiger partial charge in [0.05, 0.1) is 16.8 Å². The van der Waals surface area contributed by atoms with Gasteiger partial charge in [-0.25, -0.2) is 0 Å². The third kappa shape index (κ3) is 2.13. The van der Waals surface area contributed by atoms with Crippen molar-refractivity contribution in [1.82, 2.24) is 4.57 Å². The Hall–Kier alpha value is -2.94. The number of aryl methyl sites for hydroxylation is 2. The summed E-state index contributed by atoms with van der Waals surface area (Å²) in [4.78, 5) is 25.4. The monoisotopic (exact) mass is 341 g/mol. The van der Waals surface area contributed by atoms with Crippen molar-refractivity contribution in [1.29, 1.82) is 0 Å². The molecular weight excluding hydrogens is 322 g/mol. The second-order valence-electron chi connectivity index (χ2n) is 7.09. The van der Waals surface area contributed by atoms with Gasteiger partial charge in [0.2, 0.25) is 0 Å². The second-order valence-corrected chi connectivity index (χ2v) is 7.09. The van der Waals surface area contributed by atoms with Crippen LogP contribution < -0.4 is 0 Å². The van der Waals surface area contributed by atoms with Gasteiger partial charge in [-0.2, -0.15) is 0 Å². The van der Waals surface area contributed by atoms with Gasteiger partial charge >= 0.3 is 0 Å². The molecule has 2 aliphatic carbocycles. The van der Waals surface area contributed by atoms with E-state index >= 15 is 0 Å². The zero-order valence-electron chi connectivity index (χ0n) is 14.5. The van der Waals surface area contributed by atoms with Crippen LogP contribution >= 0.6 is 0 Å². The number of aromatic nitrogens is 1. The van der Waals surface area contributed by atoms with E-state index in [0.717, 1.165) is 53.5 Å². The minimum Gasteiger partial charge on any atom is -0.340 e. The van der Waals surface area contributed by atoms with Crippen LogP contribution in [0.2, 0.25) is 0 Å². The number of rotatable bonds is 3. The number of para-hydroxylation sites is 1. The summed E-state index contributed by atoms with van der Waals surface area (Å²) in [5.41, 5.74) is 5.54. The normalized spacial score (nSPS) is 16.3. The maximum atomic E-state index is 13.1. The molecule has 26 heavy (non-hydrogen) atoms. The summed E-state index contributed by atoms with van der Waals surface area (Å²) in [6.45, 7) is 0.804. The van der Waals surface area contributed by atoms with Gasteiger partial charge in [0.25, 0.3) is 0 Å². The highest BCUT2D eigenvalue weighted by molar-refractivity contribution is 6.38. The fourth-order valence-corrected chi connectivity index (χ4v) is 4.43. The number of fused-ring (bicyclic) bond motifs is 4. The van der Waals surface area contributed by atoms with Crippen LogP contribution in [0.4, 0.5) is 0 Å². The topological polar surface area (TPSA) is 39.1 Å². The number of hydrogen-bond donors (Lipinski definition) is 0. The number of ketones is 2. The van der Waals surface area contributed by atoms with Crippen LogP contribution in [0.1, 0.15) is 40.9 Å². The average Bonchev–Trinajstić information content (AvgIpc) is 3.15. The van der Waals surface area contributed by atoms with E-state index in [1.807, 2.05) is 24.3 Å². The first kappa shape index (κ1) is 15.3. The maximum Gasteiger partial charge on any atom is 0.199 e. The molecule has 0 amide bonds. The minimum absolute atomic E-state index is 0.0196. The van der Waals surface area contributed by atoms with Crippen LogP contribution in [0.3, 0.4) is 0 Å². The summed E-state index contributed by atoms with van der Waals surface area (Å²) in [7, 11) is 0. The van der Waals surface area contributed by atoms with Crippen LogP contribution in [0, 0.1) is 0 Å². The van der Waals surface area contributed by atoms with Gasteiger partial charge in [-0.15, -0.1) is 0 Å². The van der Waals surface area contributed by atoms with Crippen molar-refractivity contribution < 1.29 is 9.59 Å². The molecule has 3 heteroatoms. The van der Waals surface area contributed by atoms with Crippen molar-refractivity contribution in [2.24, 2.45) is 0 Å². The Morgan fingerprint density at radius 2 is 1.65 bits per heavy atom. The van der Waals surface area contributed by atoms with E-state index < -0.39 is 0 Å². The summed E-state index contributed by atoms with van der Waals surface area (Å²) < 4.78 is 2.26. The summed E-state index contributed by atoms with van der Waals surface area (Å²) in [5.74, 6) is -0.0412. The number of hydrogen-bond acceptors (Lipinski definition) is 2.